The minimum atomic E-state index is -0.620. The summed E-state index contributed by atoms with van der Waals surface area (Å²) >= 11 is 1.12. The molecule has 1 aromatic carbocycles. The van der Waals surface area contributed by atoms with Gasteiger partial charge < -0.3 is 0 Å². The number of nitriles is 1. The van der Waals surface area contributed by atoms with E-state index in [2.05, 4.69) is 4.98 Å². The predicted octanol–water partition coefficient (Wildman–Crippen LogP) is 3.38. The van der Waals surface area contributed by atoms with Crippen LogP contribution in [0.1, 0.15) is 5.69 Å². The van der Waals surface area contributed by atoms with Crippen molar-refractivity contribution in [3.05, 3.63) is 53.9 Å². The van der Waals surface area contributed by atoms with Gasteiger partial charge in [-0.3, -0.25) is 0 Å². The quantitative estimate of drug-likeness (QED) is 0.817. The van der Waals surface area contributed by atoms with E-state index in [1.807, 2.05) is 6.07 Å². The summed E-state index contributed by atoms with van der Waals surface area (Å²) in [6.07, 6.45) is 1.47. The molecule has 1 aromatic heterocycles. The third-order valence-corrected chi connectivity index (χ3v) is 3.01. The fourth-order valence-corrected chi connectivity index (χ4v) is 2.07. The SMILES string of the molecule is N#Cc1cc(Sc2ccc(F)cc2F)ccn1. The van der Waals surface area contributed by atoms with Gasteiger partial charge in [0.25, 0.3) is 0 Å². The summed E-state index contributed by atoms with van der Waals surface area (Å²) in [5.41, 5.74) is 0.262. The molecule has 0 amide bonds. The normalized spacial score (nSPS) is 9.94. The number of benzene rings is 1. The van der Waals surface area contributed by atoms with Crippen LogP contribution in [0, 0.1) is 23.0 Å². The molecule has 0 fully saturated rings. The van der Waals surface area contributed by atoms with E-state index in [0.717, 1.165) is 17.8 Å². The predicted molar refractivity (Wildman–Crippen MR) is 59.4 cm³/mol. The highest BCUT2D eigenvalue weighted by Gasteiger charge is 2.06. The van der Waals surface area contributed by atoms with Gasteiger partial charge in [0.05, 0.1) is 0 Å². The summed E-state index contributed by atoms with van der Waals surface area (Å²) in [6.45, 7) is 0. The fourth-order valence-electron chi connectivity index (χ4n) is 1.22. The highest BCUT2D eigenvalue weighted by atomic mass is 32.2. The van der Waals surface area contributed by atoms with Gasteiger partial charge in [0, 0.05) is 22.1 Å². The molecule has 5 heteroatoms. The highest BCUT2D eigenvalue weighted by Crippen LogP contribution is 2.29. The molecule has 2 aromatic rings. The van der Waals surface area contributed by atoms with Crippen LogP contribution in [-0.4, -0.2) is 4.98 Å². The molecule has 0 saturated heterocycles. The van der Waals surface area contributed by atoms with Gasteiger partial charge in [0.15, 0.2) is 0 Å². The first-order chi connectivity index (χ1) is 8.19. The summed E-state index contributed by atoms with van der Waals surface area (Å²) in [7, 11) is 0. The maximum atomic E-state index is 13.4. The number of rotatable bonds is 2. The maximum absolute atomic E-state index is 13.4. The molecule has 0 saturated carbocycles. The average Bonchev–Trinajstić information content (AvgIpc) is 2.33. The summed E-state index contributed by atoms with van der Waals surface area (Å²) in [5.74, 6) is -1.23. The molecule has 84 valence electrons. The molecule has 0 aliphatic rings. The molecule has 1 heterocycles. The molecule has 0 aliphatic heterocycles. The molecular weight excluding hydrogens is 242 g/mol. The first kappa shape index (κ1) is 11.6. The molecule has 2 rings (SSSR count). The molecule has 0 aliphatic carbocycles. The molecule has 17 heavy (non-hydrogen) atoms. The van der Waals surface area contributed by atoms with E-state index in [0.29, 0.717) is 9.79 Å². The molecular formula is C12H6F2N2S. The second-order valence-electron chi connectivity index (χ2n) is 3.17. The number of hydrogen-bond acceptors (Lipinski definition) is 3. The molecule has 0 unspecified atom stereocenters. The largest absolute Gasteiger partial charge is 0.245 e. The molecule has 2 nitrogen and oxygen atoms in total. The van der Waals surface area contributed by atoms with Gasteiger partial charge >= 0.3 is 0 Å². The number of pyridine rings is 1. The Kier molecular flexibility index (Phi) is 3.35. The van der Waals surface area contributed by atoms with Crippen molar-refractivity contribution in [1.29, 1.82) is 5.26 Å². The van der Waals surface area contributed by atoms with Crippen LogP contribution in [0.4, 0.5) is 8.78 Å². The smallest absolute Gasteiger partial charge is 0.141 e. The Morgan fingerprint density at radius 2 is 2.00 bits per heavy atom. The number of halogens is 2. The minimum absolute atomic E-state index is 0.262. The van der Waals surface area contributed by atoms with Crippen LogP contribution in [0.2, 0.25) is 0 Å². The third-order valence-electron chi connectivity index (χ3n) is 1.97. The molecule has 0 bridgehead atoms. The zero-order valence-electron chi connectivity index (χ0n) is 8.52. The van der Waals surface area contributed by atoms with Crippen LogP contribution in [0.15, 0.2) is 46.3 Å². The molecule has 0 radical (unpaired) electrons. The standard InChI is InChI=1S/C12H6F2N2S/c13-8-1-2-12(11(14)5-8)17-10-3-4-16-9(6-10)7-15/h1-6H. The van der Waals surface area contributed by atoms with E-state index in [9.17, 15) is 8.78 Å². The number of hydrogen-bond donors (Lipinski definition) is 0. The Morgan fingerprint density at radius 1 is 1.18 bits per heavy atom. The van der Waals surface area contributed by atoms with Crippen LogP contribution in [0.3, 0.4) is 0 Å². The lowest BCUT2D eigenvalue weighted by atomic mass is 10.3. The first-order valence-corrected chi connectivity index (χ1v) is 5.50. The second kappa shape index (κ2) is 4.93. The lowest BCUT2D eigenvalue weighted by Gasteiger charge is -2.03. The summed E-state index contributed by atoms with van der Waals surface area (Å²) in [4.78, 5) is 4.80. The monoisotopic (exact) mass is 248 g/mol. The van der Waals surface area contributed by atoms with E-state index >= 15 is 0 Å². The van der Waals surface area contributed by atoms with Crippen LogP contribution >= 0.6 is 11.8 Å². The highest BCUT2D eigenvalue weighted by molar-refractivity contribution is 7.99. The van der Waals surface area contributed by atoms with E-state index in [-0.39, 0.29) is 5.69 Å². The summed E-state index contributed by atoms with van der Waals surface area (Å²) in [6, 6.07) is 8.49. The molecule has 0 spiro atoms. The number of nitrogens with zero attached hydrogens (tertiary/aromatic N) is 2. The number of aromatic nitrogens is 1. The molecule has 0 atom stereocenters. The van der Waals surface area contributed by atoms with Gasteiger partial charge in [-0.05, 0) is 24.3 Å². The van der Waals surface area contributed by atoms with Crippen molar-refractivity contribution in [2.24, 2.45) is 0 Å². The Labute approximate surface area is 101 Å². The molecule has 0 N–H and O–H groups in total. The van der Waals surface area contributed by atoms with Crippen molar-refractivity contribution in [2.45, 2.75) is 9.79 Å². The zero-order valence-corrected chi connectivity index (χ0v) is 9.34. The van der Waals surface area contributed by atoms with Crippen LogP contribution in [-0.2, 0) is 0 Å². The zero-order chi connectivity index (χ0) is 12.3. The van der Waals surface area contributed by atoms with Gasteiger partial charge in [-0.25, -0.2) is 13.8 Å². The van der Waals surface area contributed by atoms with Gasteiger partial charge in [0.1, 0.15) is 23.4 Å². The average molecular weight is 248 g/mol. The van der Waals surface area contributed by atoms with Crippen LogP contribution < -0.4 is 0 Å². The lowest BCUT2D eigenvalue weighted by molar-refractivity contribution is 0.565. The van der Waals surface area contributed by atoms with Crippen molar-refractivity contribution in [3.8, 4) is 6.07 Å². The maximum Gasteiger partial charge on any atom is 0.141 e. The summed E-state index contributed by atoms with van der Waals surface area (Å²) < 4.78 is 26.1. The third kappa shape index (κ3) is 2.80. The van der Waals surface area contributed by atoms with E-state index in [1.165, 1.54) is 18.3 Å². The van der Waals surface area contributed by atoms with Crippen molar-refractivity contribution < 1.29 is 8.78 Å². The van der Waals surface area contributed by atoms with E-state index < -0.39 is 11.6 Å². The van der Waals surface area contributed by atoms with Gasteiger partial charge in [-0.1, -0.05) is 11.8 Å². The van der Waals surface area contributed by atoms with E-state index in [1.54, 1.807) is 12.1 Å². The lowest BCUT2D eigenvalue weighted by Crippen LogP contribution is -1.85. The fraction of sp³-hybridized carbons (Fsp3) is 0. The topological polar surface area (TPSA) is 36.7 Å². The van der Waals surface area contributed by atoms with Gasteiger partial charge in [0.2, 0.25) is 0 Å². The summed E-state index contributed by atoms with van der Waals surface area (Å²) in [5, 5.41) is 8.67. The van der Waals surface area contributed by atoms with Crippen LogP contribution in [0.5, 0.6) is 0 Å². The Balaban J connectivity index is 2.28. The van der Waals surface area contributed by atoms with Crippen molar-refractivity contribution in [2.75, 3.05) is 0 Å². The van der Waals surface area contributed by atoms with Crippen LogP contribution in [0.25, 0.3) is 0 Å². The first-order valence-electron chi connectivity index (χ1n) is 4.68. The minimum Gasteiger partial charge on any atom is -0.245 e. The second-order valence-corrected chi connectivity index (χ2v) is 4.28. The Morgan fingerprint density at radius 3 is 2.71 bits per heavy atom. The van der Waals surface area contributed by atoms with Crippen molar-refractivity contribution in [3.63, 3.8) is 0 Å². The Hall–Kier alpha value is -1.93. The van der Waals surface area contributed by atoms with E-state index in [4.69, 9.17) is 5.26 Å². The van der Waals surface area contributed by atoms with Crippen molar-refractivity contribution in [1.82, 2.24) is 4.98 Å². The van der Waals surface area contributed by atoms with Gasteiger partial charge in [-0.15, -0.1) is 0 Å². The van der Waals surface area contributed by atoms with Crippen molar-refractivity contribution >= 4 is 11.8 Å². The van der Waals surface area contributed by atoms with Gasteiger partial charge in [-0.2, -0.15) is 5.26 Å². The Bertz CT molecular complexity index is 593.